The summed E-state index contributed by atoms with van der Waals surface area (Å²) in [6.07, 6.45) is 0. The Kier molecular flexibility index (Phi) is 3.27. The second-order valence-corrected chi connectivity index (χ2v) is 4.00. The maximum Gasteiger partial charge on any atom is 0.182 e. The molecule has 1 N–H and O–H groups in total. The first-order valence-corrected chi connectivity index (χ1v) is 5.35. The van der Waals surface area contributed by atoms with Crippen LogP contribution in [0.2, 0.25) is 0 Å². The van der Waals surface area contributed by atoms with Crippen molar-refractivity contribution in [3.63, 3.8) is 0 Å². The van der Waals surface area contributed by atoms with Crippen LogP contribution >= 0.6 is 0 Å². The average molecular weight is 255 g/mol. The van der Waals surface area contributed by atoms with E-state index in [1.165, 1.54) is 0 Å². The number of rotatable bonds is 3. The summed E-state index contributed by atoms with van der Waals surface area (Å²) in [6, 6.07) is 3.23. The molecule has 96 valence electrons. The summed E-state index contributed by atoms with van der Waals surface area (Å²) in [7, 11) is 1.74. The fourth-order valence-corrected chi connectivity index (χ4v) is 1.70. The number of benzene rings is 1. The van der Waals surface area contributed by atoms with Gasteiger partial charge in [-0.2, -0.15) is 5.10 Å². The van der Waals surface area contributed by atoms with Gasteiger partial charge in [-0.05, 0) is 13.0 Å². The lowest BCUT2D eigenvalue weighted by molar-refractivity contribution is 0.497. The average Bonchev–Trinajstić information content (AvgIpc) is 2.60. The lowest BCUT2D eigenvalue weighted by Gasteiger charge is -2.08. The third-order valence-electron chi connectivity index (χ3n) is 2.55. The van der Waals surface area contributed by atoms with Crippen LogP contribution in [0.25, 0.3) is 0 Å². The van der Waals surface area contributed by atoms with Gasteiger partial charge in [-0.25, -0.2) is 13.2 Å². The molecule has 0 atom stereocenters. The molecule has 6 heteroatoms. The molecule has 0 aliphatic rings. The molecule has 1 aromatic carbocycles. The molecule has 0 aliphatic heterocycles. The highest BCUT2D eigenvalue weighted by molar-refractivity contribution is 5.45. The summed E-state index contributed by atoms with van der Waals surface area (Å²) >= 11 is 0. The molecule has 0 saturated heterocycles. The van der Waals surface area contributed by atoms with Gasteiger partial charge >= 0.3 is 0 Å². The van der Waals surface area contributed by atoms with Crippen molar-refractivity contribution in [1.29, 1.82) is 0 Å². The number of anilines is 1. The zero-order chi connectivity index (χ0) is 13.3. The molecule has 0 bridgehead atoms. The fraction of sp³-hybridized carbons (Fsp3) is 0.250. The molecule has 0 radical (unpaired) electrons. The summed E-state index contributed by atoms with van der Waals surface area (Å²) < 4.78 is 40.9. The minimum absolute atomic E-state index is 0.202. The van der Waals surface area contributed by atoms with Crippen LogP contribution in [-0.2, 0) is 13.6 Å². The van der Waals surface area contributed by atoms with E-state index in [9.17, 15) is 13.2 Å². The molecule has 1 heterocycles. The molecule has 0 unspecified atom stereocenters. The molecular formula is C12H12F3N3. The van der Waals surface area contributed by atoms with Gasteiger partial charge in [0.1, 0.15) is 5.82 Å². The van der Waals surface area contributed by atoms with E-state index in [0.29, 0.717) is 6.07 Å². The smallest absolute Gasteiger partial charge is 0.182 e. The zero-order valence-electron chi connectivity index (χ0n) is 9.97. The van der Waals surface area contributed by atoms with Crippen molar-refractivity contribution in [2.75, 3.05) is 5.32 Å². The van der Waals surface area contributed by atoms with Gasteiger partial charge in [-0.1, -0.05) is 0 Å². The zero-order valence-corrected chi connectivity index (χ0v) is 9.97. The highest BCUT2D eigenvalue weighted by Crippen LogP contribution is 2.19. The first-order chi connectivity index (χ1) is 8.47. The SMILES string of the molecule is Cc1cc(CNc2cc(F)cc(F)c2F)n(C)n1. The maximum atomic E-state index is 13.4. The minimum atomic E-state index is -1.21. The van der Waals surface area contributed by atoms with Crippen molar-refractivity contribution in [2.24, 2.45) is 7.05 Å². The maximum absolute atomic E-state index is 13.4. The molecule has 18 heavy (non-hydrogen) atoms. The Morgan fingerprint density at radius 2 is 1.94 bits per heavy atom. The van der Waals surface area contributed by atoms with Crippen molar-refractivity contribution in [3.8, 4) is 0 Å². The van der Waals surface area contributed by atoms with Crippen molar-refractivity contribution < 1.29 is 13.2 Å². The molecule has 1 aromatic heterocycles. The van der Waals surface area contributed by atoms with E-state index in [2.05, 4.69) is 10.4 Å². The van der Waals surface area contributed by atoms with E-state index in [0.717, 1.165) is 17.5 Å². The number of nitrogens with zero attached hydrogens (tertiary/aromatic N) is 2. The van der Waals surface area contributed by atoms with Crippen LogP contribution in [0.1, 0.15) is 11.4 Å². The van der Waals surface area contributed by atoms with E-state index in [4.69, 9.17) is 0 Å². The lowest BCUT2D eigenvalue weighted by atomic mass is 10.2. The Hall–Kier alpha value is -1.98. The van der Waals surface area contributed by atoms with Crippen LogP contribution in [-0.4, -0.2) is 9.78 Å². The first-order valence-electron chi connectivity index (χ1n) is 5.35. The Balaban J connectivity index is 2.18. The second-order valence-electron chi connectivity index (χ2n) is 4.00. The fourth-order valence-electron chi connectivity index (χ4n) is 1.70. The normalized spacial score (nSPS) is 10.7. The quantitative estimate of drug-likeness (QED) is 0.855. The molecule has 3 nitrogen and oxygen atoms in total. The molecule has 2 aromatic rings. The number of halogens is 3. The van der Waals surface area contributed by atoms with Gasteiger partial charge in [0.15, 0.2) is 11.6 Å². The van der Waals surface area contributed by atoms with E-state index in [-0.39, 0.29) is 12.2 Å². The minimum Gasteiger partial charge on any atom is -0.377 e. The topological polar surface area (TPSA) is 29.9 Å². The summed E-state index contributed by atoms with van der Waals surface area (Å²) in [6.45, 7) is 2.06. The molecule has 0 amide bonds. The predicted molar refractivity (Wildman–Crippen MR) is 61.6 cm³/mol. The van der Waals surface area contributed by atoms with E-state index in [1.54, 1.807) is 17.8 Å². The van der Waals surface area contributed by atoms with Gasteiger partial charge in [0.05, 0.1) is 23.6 Å². The Bertz CT molecular complexity index is 578. The van der Waals surface area contributed by atoms with E-state index >= 15 is 0 Å². The van der Waals surface area contributed by atoms with Crippen LogP contribution in [0.5, 0.6) is 0 Å². The van der Waals surface area contributed by atoms with Crippen LogP contribution in [0, 0.1) is 24.4 Å². The standard InChI is InChI=1S/C12H12F3N3/c1-7-3-9(18(2)17-7)6-16-11-5-8(13)4-10(14)12(11)15/h3-5,16H,6H2,1-2H3. The van der Waals surface area contributed by atoms with Crippen molar-refractivity contribution in [1.82, 2.24) is 9.78 Å². The molecule has 0 saturated carbocycles. The molecular weight excluding hydrogens is 243 g/mol. The van der Waals surface area contributed by atoms with Gasteiger partial charge in [0, 0.05) is 19.2 Å². The third kappa shape index (κ3) is 2.47. The summed E-state index contributed by atoms with van der Waals surface area (Å²) in [5, 5.41) is 6.76. The lowest BCUT2D eigenvalue weighted by Crippen LogP contribution is -2.07. The largest absolute Gasteiger partial charge is 0.377 e. The monoisotopic (exact) mass is 255 g/mol. The van der Waals surface area contributed by atoms with Crippen molar-refractivity contribution >= 4 is 5.69 Å². The summed E-state index contributed by atoms with van der Waals surface area (Å²) in [5.74, 6) is -3.12. The summed E-state index contributed by atoms with van der Waals surface area (Å²) in [5.41, 5.74) is 1.41. The van der Waals surface area contributed by atoms with E-state index < -0.39 is 17.5 Å². The van der Waals surface area contributed by atoms with Crippen LogP contribution in [0.15, 0.2) is 18.2 Å². The van der Waals surface area contributed by atoms with Crippen LogP contribution < -0.4 is 5.32 Å². The van der Waals surface area contributed by atoms with Gasteiger partial charge in [-0.15, -0.1) is 0 Å². The van der Waals surface area contributed by atoms with Crippen molar-refractivity contribution in [3.05, 3.63) is 47.0 Å². The van der Waals surface area contributed by atoms with Gasteiger partial charge in [0.2, 0.25) is 0 Å². The Morgan fingerprint density at radius 1 is 1.22 bits per heavy atom. The highest BCUT2D eigenvalue weighted by Gasteiger charge is 2.11. The molecule has 0 spiro atoms. The Labute approximate surface area is 102 Å². The highest BCUT2D eigenvalue weighted by atomic mass is 19.2. The van der Waals surface area contributed by atoms with Gasteiger partial charge in [-0.3, -0.25) is 4.68 Å². The van der Waals surface area contributed by atoms with E-state index in [1.807, 2.05) is 6.92 Å². The third-order valence-corrected chi connectivity index (χ3v) is 2.55. The van der Waals surface area contributed by atoms with Crippen LogP contribution in [0.3, 0.4) is 0 Å². The van der Waals surface area contributed by atoms with Crippen molar-refractivity contribution in [2.45, 2.75) is 13.5 Å². The number of hydrogen-bond acceptors (Lipinski definition) is 2. The molecule has 2 rings (SSSR count). The molecule has 0 fully saturated rings. The number of aryl methyl sites for hydroxylation is 2. The van der Waals surface area contributed by atoms with Crippen LogP contribution in [0.4, 0.5) is 18.9 Å². The molecule has 0 aliphatic carbocycles. The number of hydrogen-bond donors (Lipinski definition) is 1. The first kappa shape index (κ1) is 12.5. The number of nitrogens with one attached hydrogen (secondary N) is 1. The van der Waals surface area contributed by atoms with Gasteiger partial charge in [0.25, 0.3) is 0 Å². The summed E-state index contributed by atoms with van der Waals surface area (Å²) in [4.78, 5) is 0. The second kappa shape index (κ2) is 4.72. The van der Waals surface area contributed by atoms with Gasteiger partial charge < -0.3 is 5.32 Å². The number of aromatic nitrogens is 2. The predicted octanol–water partition coefficient (Wildman–Crippen LogP) is 2.76. The Morgan fingerprint density at radius 3 is 2.56 bits per heavy atom.